The molecule has 5 aromatic carbocycles. The quantitative estimate of drug-likeness (QED) is 0.0980. The third-order valence-corrected chi connectivity index (χ3v) is 11.0. The van der Waals surface area contributed by atoms with Crippen LogP contribution in [0.3, 0.4) is 0 Å². The van der Waals surface area contributed by atoms with E-state index in [9.17, 15) is 29.1 Å². The second-order valence-corrected chi connectivity index (χ2v) is 14.6. The molecule has 1 heterocycles. The highest BCUT2D eigenvalue weighted by molar-refractivity contribution is 6.42. The van der Waals surface area contributed by atoms with E-state index in [-0.39, 0.29) is 36.5 Å². The van der Waals surface area contributed by atoms with Crippen molar-refractivity contribution in [3.63, 3.8) is 0 Å². The number of carbonyl (C=O) groups is 5. The van der Waals surface area contributed by atoms with E-state index in [1.54, 1.807) is 18.2 Å². The Labute approximate surface area is 337 Å². The van der Waals surface area contributed by atoms with Gasteiger partial charge in [0.15, 0.2) is 6.10 Å². The number of fused-ring (bicyclic) bond motifs is 6. The highest BCUT2D eigenvalue weighted by Crippen LogP contribution is 2.46. The topological polar surface area (TPSA) is 157 Å². The molecule has 1 saturated heterocycles. The van der Waals surface area contributed by atoms with E-state index in [0.717, 1.165) is 44.5 Å². The Morgan fingerprint density at radius 3 is 1.63 bits per heavy atom. The van der Waals surface area contributed by atoms with Gasteiger partial charge in [0.05, 0.1) is 28.4 Å². The lowest BCUT2D eigenvalue weighted by atomic mass is 9.94. The molecule has 0 aromatic heterocycles. The molecule has 3 atom stereocenters. The summed E-state index contributed by atoms with van der Waals surface area (Å²) in [6, 6.07) is 36.0. The average Bonchev–Trinajstić information content (AvgIpc) is 3.83. The van der Waals surface area contributed by atoms with Gasteiger partial charge in [0.1, 0.15) is 13.2 Å². The molecule has 1 fully saturated rings. The zero-order valence-electron chi connectivity index (χ0n) is 30.4. The van der Waals surface area contributed by atoms with Crippen LogP contribution in [0.4, 0.5) is 9.59 Å². The first-order valence-corrected chi connectivity index (χ1v) is 18.9. The number of alkyl carbamates (subject to hydrolysis) is 1. The number of imide groups is 1. The second kappa shape index (κ2) is 16.9. The average molecular weight is 808 g/mol. The molecule has 5 aromatic rings. The third kappa shape index (κ3) is 8.35. The second-order valence-electron chi connectivity index (χ2n) is 13.8. The lowest BCUT2D eigenvalue weighted by molar-refractivity contribution is -0.142. The van der Waals surface area contributed by atoms with Gasteiger partial charge in [0, 0.05) is 11.8 Å². The van der Waals surface area contributed by atoms with Gasteiger partial charge in [0.2, 0.25) is 5.91 Å². The van der Waals surface area contributed by atoms with Crippen molar-refractivity contribution >= 4 is 53.2 Å². The summed E-state index contributed by atoms with van der Waals surface area (Å²) in [5.41, 5.74) is 9.42. The molecule has 3 aliphatic rings. The SMILES string of the molecule is CC(C(=O)O)C(NC(=O)OCC1c2ccccc2-c2ccccc21)c1ccc(Cl)c(Cl)c1.O=C1CC(OC(=O)OCC2c3ccccc3-c3ccccc32)C(=O)N1. The van der Waals surface area contributed by atoms with Crippen LogP contribution >= 0.6 is 23.2 Å². The standard InChI is InChI=1S/C25H21Cl2NO4.C19H15NO5/c1-14(24(29)30)23(15-10-11-21(26)22(27)12-15)28-25(31)32-13-20-18-8-4-2-6-16(18)17-7-3-5-9-19(17)20;21-17-9-16(18(22)20-17)25-19(23)24-10-15-13-7-3-1-5-11(13)12-6-2-4-8-14(12)15/h2-12,14,20,23H,13H2,1H3,(H,28,31)(H,29,30);1-8,15-16H,9-10H2,(H,20,21,22). The zero-order chi connectivity index (χ0) is 40.2. The summed E-state index contributed by atoms with van der Waals surface area (Å²) in [4.78, 5) is 58.8. The van der Waals surface area contributed by atoms with Gasteiger partial charge in [-0.2, -0.15) is 0 Å². The van der Waals surface area contributed by atoms with E-state index in [4.69, 9.17) is 37.4 Å². The smallest absolute Gasteiger partial charge is 0.481 e. The van der Waals surface area contributed by atoms with Crippen LogP contribution < -0.4 is 10.6 Å². The lowest BCUT2D eigenvalue weighted by Gasteiger charge is -2.23. The Kier molecular flexibility index (Phi) is 11.6. The van der Waals surface area contributed by atoms with Crippen molar-refractivity contribution in [2.24, 2.45) is 5.92 Å². The Morgan fingerprint density at radius 2 is 1.19 bits per heavy atom. The van der Waals surface area contributed by atoms with Crippen molar-refractivity contribution in [3.8, 4) is 22.3 Å². The van der Waals surface area contributed by atoms with Crippen LogP contribution in [0.15, 0.2) is 115 Å². The molecule has 1 aliphatic heterocycles. The maximum Gasteiger partial charge on any atom is 0.509 e. The highest BCUT2D eigenvalue weighted by atomic mass is 35.5. The Morgan fingerprint density at radius 1 is 0.719 bits per heavy atom. The number of nitrogens with one attached hydrogen (secondary N) is 2. The normalized spacial score (nSPS) is 16.1. The van der Waals surface area contributed by atoms with Gasteiger partial charge in [0.25, 0.3) is 5.91 Å². The van der Waals surface area contributed by atoms with Gasteiger partial charge in [-0.15, -0.1) is 0 Å². The minimum Gasteiger partial charge on any atom is -0.481 e. The summed E-state index contributed by atoms with van der Waals surface area (Å²) in [5.74, 6) is -3.21. The van der Waals surface area contributed by atoms with Crippen LogP contribution in [-0.4, -0.2) is 54.5 Å². The van der Waals surface area contributed by atoms with Crippen LogP contribution in [-0.2, 0) is 28.6 Å². The number of amides is 3. The molecule has 13 heteroatoms. The van der Waals surface area contributed by atoms with E-state index in [2.05, 4.69) is 22.8 Å². The van der Waals surface area contributed by atoms with E-state index in [1.807, 2.05) is 84.9 Å². The first kappa shape index (κ1) is 39.1. The number of halogens is 2. The predicted molar refractivity (Wildman–Crippen MR) is 212 cm³/mol. The molecule has 0 spiro atoms. The summed E-state index contributed by atoms with van der Waals surface area (Å²) < 4.78 is 15.7. The molecular weight excluding hydrogens is 771 g/mol. The molecule has 3 N–H and O–H groups in total. The number of hydrogen-bond donors (Lipinski definition) is 3. The molecule has 3 amide bonds. The summed E-state index contributed by atoms with van der Waals surface area (Å²) in [7, 11) is 0. The van der Waals surface area contributed by atoms with Crippen LogP contribution in [0.2, 0.25) is 10.0 Å². The first-order chi connectivity index (χ1) is 27.5. The van der Waals surface area contributed by atoms with Crippen molar-refractivity contribution in [2.75, 3.05) is 13.2 Å². The Bertz CT molecular complexity index is 2290. The van der Waals surface area contributed by atoms with Gasteiger partial charge in [-0.05, 0) is 69.1 Å². The van der Waals surface area contributed by atoms with Crippen molar-refractivity contribution < 1.29 is 43.3 Å². The van der Waals surface area contributed by atoms with Crippen LogP contribution in [0.25, 0.3) is 22.3 Å². The fraction of sp³-hybridized carbons (Fsp3) is 0.205. The largest absolute Gasteiger partial charge is 0.509 e. The van der Waals surface area contributed by atoms with E-state index < -0.39 is 48.1 Å². The Balaban J connectivity index is 0.000000179. The number of carboxylic acid groups (broad SMARTS) is 1. The van der Waals surface area contributed by atoms with E-state index in [1.165, 1.54) is 6.92 Å². The van der Waals surface area contributed by atoms with Crippen molar-refractivity contribution in [1.29, 1.82) is 0 Å². The van der Waals surface area contributed by atoms with Gasteiger partial charge < -0.3 is 24.6 Å². The van der Waals surface area contributed by atoms with Crippen molar-refractivity contribution in [1.82, 2.24) is 10.6 Å². The van der Waals surface area contributed by atoms with Gasteiger partial charge in [-0.25, -0.2) is 9.59 Å². The molecule has 0 radical (unpaired) electrons. The maximum atomic E-state index is 12.7. The van der Waals surface area contributed by atoms with Crippen molar-refractivity contribution in [3.05, 3.63) is 153 Å². The molecule has 290 valence electrons. The number of carboxylic acids is 1. The fourth-order valence-corrected chi connectivity index (χ4v) is 7.79. The van der Waals surface area contributed by atoms with Crippen molar-refractivity contribution in [2.45, 2.75) is 37.3 Å². The first-order valence-electron chi connectivity index (χ1n) is 18.1. The van der Waals surface area contributed by atoms with Crippen LogP contribution in [0.1, 0.15) is 59.0 Å². The number of hydrogen-bond acceptors (Lipinski definition) is 8. The third-order valence-electron chi connectivity index (χ3n) is 10.3. The number of rotatable bonds is 9. The highest BCUT2D eigenvalue weighted by Gasteiger charge is 2.36. The van der Waals surface area contributed by atoms with E-state index >= 15 is 0 Å². The molecule has 11 nitrogen and oxygen atoms in total. The minimum absolute atomic E-state index is 0.0843. The number of aliphatic carboxylic acids is 1. The number of carbonyl (C=O) groups excluding carboxylic acids is 4. The van der Waals surface area contributed by atoms with Gasteiger partial charge in [-0.3, -0.25) is 19.7 Å². The van der Waals surface area contributed by atoms with E-state index in [0.29, 0.717) is 10.6 Å². The molecule has 8 rings (SSSR count). The number of ether oxygens (including phenoxy) is 3. The Hall–Kier alpha value is -6.17. The molecular formula is C44H36Cl2N2O9. The molecule has 3 unspecified atom stereocenters. The summed E-state index contributed by atoms with van der Waals surface area (Å²) in [6.07, 6.45) is -2.92. The minimum atomic E-state index is -1.11. The zero-order valence-corrected chi connectivity index (χ0v) is 32.0. The number of benzene rings is 5. The molecule has 0 saturated carbocycles. The fourth-order valence-electron chi connectivity index (χ4n) is 7.48. The van der Waals surface area contributed by atoms with Gasteiger partial charge >= 0.3 is 18.2 Å². The lowest BCUT2D eigenvalue weighted by Crippen LogP contribution is -2.36. The summed E-state index contributed by atoms with van der Waals surface area (Å²) in [5, 5.41) is 14.9. The summed E-state index contributed by atoms with van der Waals surface area (Å²) >= 11 is 12.1. The maximum absolute atomic E-state index is 12.7. The molecule has 0 bridgehead atoms. The molecule has 2 aliphatic carbocycles. The monoisotopic (exact) mass is 806 g/mol. The summed E-state index contributed by atoms with van der Waals surface area (Å²) in [6.45, 7) is 1.75. The predicted octanol–water partition coefficient (Wildman–Crippen LogP) is 8.66. The van der Waals surface area contributed by atoms with Gasteiger partial charge in [-0.1, -0.05) is 126 Å². The van der Waals surface area contributed by atoms with Crippen LogP contribution in [0.5, 0.6) is 0 Å². The molecule has 57 heavy (non-hydrogen) atoms. The van der Waals surface area contributed by atoms with Crippen LogP contribution in [0, 0.1) is 5.92 Å².